The zero-order chi connectivity index (χ0) is 19.1. The zero-order valence-corrected chi connectivity index (χ0v) is 15.3. The molecule has 2 N–H and O–H groups in total. The summed E-state index contributed by atoms with van der Waals surface area (Å²) in [6.07, 6.45) is 2.20. The summed E-state index contributed by atoms with van der Waals surface area (Å²) in [5.41, 5.74) is 5.72. The van der Waals surface area contributed by atoms with Crippen LogP contribution in [-0.2, 0) is 14.3 Å². The van der Waals surface area contributed by atoms with Gasteiger partial charge in [-0.2, -0.15) is 0 Å². The summed E-state index contributed by atoms with van der Waals surface area (Å²) >= 11 is 0.891. The minimum absolute atomic E-state index is 0.268. The third-order valence-corrected chi connectivity index (χ3v) is 4.37. The molecule has 1 aliphatic heterocycles. The first-order valence-corrected chi connectivity index (χ1v) is 8.61. The molecule has 3 amide bonds. The van der Waals surface area contributed by atoms with Gasteiger partial charge in [0.2, 0.25) is 0 Å². The molecule has 1 heterocycles. The molecule has 1 aliphatic rings. The fourth-order valence-corrected chi connectivity index (χ4v) is 3.12. The Bertz CT molecular complexity index is 734. The Morgan fingerprint density at radius 3 is 2.69 bits per heavy atom. The molecule has 1 aromatic carbocycles. The quantitative estimate of drug-likeness (QED) is 0.512. The Kier molecular flexibility index (Phi) is 7.05. The number of amides is 3. The first-order chi connectivity index (χ1) is 12.5. The normalized spacial score (nSPS) is 15.6. The minimum Gasteiger partial charge on any atom is -0.493 e. The summed E-state index contributed by atoms with van der Waals surface area (Å²) in [5, 5.41) is -0.300. The van der Waals surface area contributed by atoms with Gasteiger partial charge in [0, 0.05) is 20.3 Å². The molecule has 0 saturated carbocycles. The predicted molar refractivity (Wildman–Crippen MR) is 96.9 cm³/mol. The molecule has 0 spiro atoms. The van der Waals surface area contributed by atoms with Crippen molar-refractivity contribution in [3.8, 4) is 11.5 Å². The molecule has 1 saturated heterocycles. The van der Waals surface area contributed by atoms with Crippen LogP contribution in [0.1, 0.15) is 12.0 Å². The van der Waals surface area contributed by atoms with Gasteiger partial charge in [-0.05, 0) is 42.0 Å². The van der Waals surface area contributed by atoms with Crippen LogP contribution < -0.4 is 15.2 Å². The maximum atomic E-state index is 12.4. The highest BCUT2D eigenvalue weighted by molar-refractivity contribution is 8.18. The number of ether oxygens (including phenoxy) is 3. The summed E-state index contributed by atoms with van der Waals surface area (Å²) in [5.74, 6) is -0.183. The number of methoxy groups -OCH3 is 2. The van der Waals surface area contributed by atoms with E-state index in [0.29, 0.717) is 41.5 Å². The lowest BCUT2D eigenvalue weighted by molar-refractivity contribution is -0.123. The van der Waals surface area contributed by atoms with E-state index in [2.05, 4.69) is 0 Å². The van der Waals surface area contributed by atoms with E-state index in [-0.39, 0.29) is 17.8 Å². The molecule has 1 fully saturated rings. The summed E-state index contributed by atoms with van der Waals surface area (Å²) in [7, 11) is 3.03. The fourth-order valence-electron chi connectivity index (χ4n) is 2.25. The largest absolute Gasteiger partial charge is 0.493 e. The predicted octanol–water partition coefficient (Wildman–Crippen LogP) is 1.63. The van der Waals surface area contributed by atoms with E-state index in [0.717, 1.165) is 11.8 Å². The van der Waals surface area contributed by atoms with Gasteiger partial charge < -0.3 is 19.9 Å². The monoisotopic (exact) mass is 380 g/mol. The van der Waals surface area contributed by atoms with Crippen LogP contribution in [0.2, 0.25) is 0 Å². The van der Waals surface area contributed by atoms with Crippen molar-refractivity contribution >= 4 is 34.9 Å². The summed E-state index contributed by atoms with van der Waals surface area (Å²) in [6.45, 7) is 0.528. The molecule has 26 heavy (non-hydrogen) atoms. The lowest BCUT2D eigenvalue weighted by Crippen LogP contribution is -2.29. The Hall–Kier alpha value is -2.52. The van der Waals surface area contributed by atoms with E-state index >= 15 is 0 Å². The maximum Gasteiger partial charge on any atom is 0.293 e. The third-order valence-electron chi connectivity index (χ3n) is 3.46. The summed E-state index contributed by atoms with van der Waals surface area (Å²) < 4.78 is 15.4. The number of nitrogens with two attached hydrogens (primary N) is 1. The highest BCUT2D eigenvalue weighted by Gasteiger charge is 2.34. The maximum absolute atomic E-state index is 12.4. The number of carbonyl (C=O) groups is 3. The number of rotatable bonds is 9. The number of primary amides is 1. The highest BCUT2D eigenvalue weighted by atomic mass is 32.2. The number of carbonyl (C=O) groups excluding carboxylic acids is 3. The SMILES string of the molecule is COCCCN1C(=O)S/C(=C/c2ccc(OCC(N)=O)c(OC)c2)C1=O. The van der Waals surface area contributed by atoms with Crippen LogP contribution in [-0.4, -0.2) is 55.9 Å². The second-order valence-corrected chi connectivity index (χ2v) is 6.34. The van der Waals surface area contributed by atoms with Crippen molar-refractivity contribution in [2.24, 2.45) is 5.73 Å². The van der Waals surface area contributed by atoms with Crippen LogP contribution >= 0.6 is 11.8 Å². The van der Waals surface area contributed by atoms with Crippen molar-refractivity contribution in [1.82, 2.24) is 4.90 Å². The van der Waals surface area contributed by atoms with Crippen molar-refractivity contribution in [2.75, 3.05) is 34.0 Å². The molecule has 0 aliphatic carbocycles. The summed E-state index contributed by atoms with van der Waals surface area (Å²) in [6, 6.07) is 4.95. The Labute approximate surface area is 155 Å². The van der Waals surface area contributed by atoms with E-state index in [1.165, 1.54) is 12.0 Å². The zero-order valence-electron chi connectivity index (χ0n) is 14.5. The highest BCUT2D eigenvalue weighted by Crippen LogP contribution is 2.34. The van der Waals surface area contributed by atoms with Gasteiger partial charge in [-0.1, -0.05) is 6.07 Å². The number of thioether (sulfide) groups is 1. The van der Waals surface area contributed by atoms with Crippen molar-refractivity contribution < 1.29 is 28.6 Å². The van der Waals surface area contributed by atoms with Crippen LogP contribution in [0.5, 0.6) is 11.5 Å². The lowest BCUT2D eigenvalue weighted by Gasteiger charge is -2.11. The average molecular weight is 380 g/mol. The molecule has 2 rings (SSSR count). The van der Waals surface area contributed by atoms with Crippen LogP contribution in [0, 0.1) is 0 Å². The second-order valence-electron chi connectivity index (χ2n) is 5.34. The smallest absolute Gasteiger partial charge is 0.293 e. The molecule has 140 valence electrons. The van der Waals surface area contributed by atoms with Crippen molar-refractivity contribution in [3.63, 3.8) is 0 Å². The molecule has 0 unspecified atom stereocenters. The minimum atomic E-state index is -0.599. The van der Waals surface area contributed by atoms with Gasteiger partial charge in [-0.15, -0.1) is 0 Å². The van der Waals surface area contributed by atoms with Gasteiger partial charge in [0.1, 0.15) is 0 Å². The van der Waals surface area contributed by atoms with E-state index in [1.54, 1.807) is 31.4 Å². The van der Waals surface area contributed by atoms with E-state index in [4.69, 9.17) is 19.9 Å². The molecule has 0 atom stereocenters. The van der Waals surface area contributed by atoms with E-state index < -0.39 is 5.91 Å². The van der Waals surface area contributed by atoms with E-state index in [9.17, 15) is 14.4 Å². The molecular formula is C17H20N2O6S. The Morgan fingerprint density at radius 2 is 2.04 bits per heavy atom. The molecule has 1 aromatic rings. The van der Waals surface area contributed by atoms with Gasteiger partial charge in [-0.3, -0.25) is 19.3 Å². The molecular weight excluding hydrogens is 360 g/mol. The van der Waals surface area contributed by atoms with Gasteiger partial charge >= 0.3 is 0 Å². The molecule has 0 aromatic heterocycles. The lowest BCUT2D eigenvalue weighted by atomic mass is 10.2. The third kappa shape index (κ3) is 4.99. The van der Waals surface area contributed by atoms with Crippen molar-refractivity contribution in [1.29, 1.82) is 0 Å². The average Bonchev–Trinajstić information content (AvgIpc) is 2.87. The second kappa shape index (κ2) is 9.25. The number of nitrogens with zero attached hydrogens (tertiary/aromatic N) is 1. The van der Waals surface area contributed by atoms with E-state index in [1.807, 2.05) is 0 Å². The number of imide groups is 1. The number of hydrogen-bond donors (Lipinski definition) is 1. The van der Waals surface area contributed by atoms with Crippen LogP contribution in [0.15, 0.2) is 23.1 Å². The first kappa shape index (κ1) is 19.8. The van der Waals surface area contributed by atoms with Crippen LogP contribution in [0.3, 0.4) is 0 Å². The van der Waals surface area contributed by atoms with Crippen LogP contribution in [0.4, 0.5) is 4.79 Å². The number of benzene rings is 1. The van der Waals surface area contributed by atoms with Gasteiger partial charge in [-0.25, -0.2) is 0 Å². The molecule has 0 bridgehead atoms. The van der Waals surface area contributed by atoms with Crippen molar-refractivity contribution in [3.05, 3.63) is 28.7 Å². The summed E-state index contributed by atoms with van der Waals surface area (Å²) in [4.78, 5) is 36.7. The number of hydrogen-bond acceptors (Lipinski definition) is 7. The fraction of sp³-hybridized carbons (Fsp3) is 0.353. The van der Waals surface area contributed by atoms with Crippen LogP contribution in [0.25, 0.3) is 6.08 Å². The Balaban J connectivity index is 2.14. The topological polar surface area (TPSA) is 108 Å². The standard InChI is InChI=1S/C17H20N2O6S/c1-23-7-3-6-19-16(21)14(26-17(19)22)9-11-4-5-12(13(8-11)24-2)25-10-15(18)20/h4-5,8-9H,3,6-7,10H2,1-2H3,(H2,18,20)/b14-9+. The van der Waals surface area contributed by atoms with Gasteiger partial charge in [0.15, 0.2) is 18.1 Å². The first-order valence-electron chi connectivity index (χ1n) is 7.79. The molecule has 0 radical (unpaired) electrons. The molecule has 9 heteroatoms. The van der Waals surface area contributed by atoms with Gasteiger partial charge in [0.05, 0.1) is 12.0 Å². The molecule has 8 nitrogen and oxygen atoms in total. The Morgan fingerprint density at radius 1 is 1.27 bits per heavy atom. The van der Waals surface area contributed by atoms with Gasteiger partial charge in [0.25, 0.3) is 17.1 Å². The van der Waals surface area contributed by atoms with Crippen molar-refractivity contribution in [2.45, 2.75) is 6.42 Å².